The number of amides is 1. The van der Waals surface area contributed by atoms with Crippen molar-refractivity contribution in [1.29, 1.82) is 0 Å². The van der Waals surface area contributed by atoms with Gasteiger partial charge in [-0.3, -0.25) is 10.3 Å². The van der Waals surface area contributed by atoms with E-state index in [0.29, 0.717) is 12.5 Å². The van der Waals surface area contributed by atoms with Gasteiger partial charge in [-0.05, 0) is 19.8 Å². The van der Waals surface area contributed by atoms with Crippen molar-refractivity contribution in [2.45, 2.75) is 25.9 Å². The average Bonchev–Trinajstić information content (AvgIpc) is 2.65. The maximum Gasteiger partial charge on any atom is 0.411 e. The van der Waals surface area contributed by atoms with E-state index in [4.69, 9.17) is 4.74 Å². The van der Waals surface area contributed by atoms with Crippen LogP contribution in [0.15, 0.2) is 5.10 Å². The molecule has 0 bridgehead atoms. The van der Waals surface area contributed by atoms with Crippen molar-refractivity contribution in [3.63, 3.8) is 0 Å². The first-order valence-electron chi connectivity index (χ1n) is 5.05. The average molecular weight is 197 g/mol. The molecule has 78 valence electrons. The molecule has 2 aliphatic rings. The number of fused-ring (bicyclic) bond motifs is 1. The molecule has 5 heteroatoms. The lowest BCUT2D eigenvalue weighted by molar-refractivity contribution is 0.0624. The van der Waals surface area contributed by atoms with Crippen LogP contribution in [0.3, 0.4) is 0 Å². The molecular weight excluding hydrogens is 182 g/mol. The molecule has 0 radical (unpaired) electrons. The van der Waals surface area contributed by atoms with Crippen LogP contribution in [0.5, 0.6) is 0 Å². The third-order valence-corrected chi connectivity index (χ3v) is 2.65. The third kappa shape index (κ3) is 1.54. The van der Waals surface area contributed by atoms with Crippen molar-refractivity contribution in [1.82, 2.24) is 10.3 Å². The fraction of sp³-hybridized carbons (Fsp3) is 0.778. The molecule has 0 aromatic rings. The van der Waals surface area contributed by atoms with E-state index in [2.05, 4.69) is 10.5 Å². The summed E-state index contributed by atoms with van der Waals surface area (Å²) >= 11 is 0. The summed E-state index contributed by atoms with van der Waals surface area (Å²) < 4.78 is 4.98. The van der Waals surface area contributed by atoms with Gasteiger partial charge in [0.1, 0.15) is 6.17 Å². The zero-order valence-electron chi connectivity index (χ0n) is 8.27. The number of carbonyl (C=O) groups is 1. The van der Waals surface area contributed by atoms with Crippen LogP contribution < -0.4 is 5.43 Å². The van der Waals surface area contributed by atoms with E-state index in [9.17, 15) is 4.79 Å². The third-order valence-electron chi connectivity index (χ3n) is 2.65. The van der Waals surface area contributed by atoms with Gasteiger partial charge in [-0.25, -0.2) is 4.79 Å². The molecule has 0 aliphatic carbocycles. The Morgan fingerprint density at radius 2 is 2.64 bits per heavy atom. The highest BCUT2D eigenvalue weighted by Gasteiger charge is 2.36. The first kappa shape index (κ1) is 9.30. The minimum Gasteiger partial charge on any atom is -0.450 e. The minimum atomic E-state index is -0.236. The van der Waals surface area contributed by atoms with E-state index in [1.807, 2.05) is 13.1 Å². The second kappa shape index (κ2) is 3.86. The maximum absolute atomic E-state index is 11.5. The zero-order chi connectivity index (χ0) is 9.97. The molecule has 14 heavy (non-hydrogen) atoms. The number of nitrogens with one attached hydrogen (secondary N) is 1. The summed E-state index contributed by atoms with van der Waals surface area (Å²) in [5, 5.41) is 4.00. The van der Waals surface area contributed by atoms with Gasteiger partial charge >= 0.3 is 6.09 Å². The molecule has 0 aromatic carbocycles. The Hall–Kier alpha value is -1.26. The molecule has 1 amide bonds. The highest BCUT2D eigenvalue weighted by Crippen LogP contribution is 2.23. The van der Waals surface area contributed by atoms with Gasteiger partial charge in [0, 0.05) is 18.7 Å². The van der Waals surface area contributed by atoms with Crippen molar-refractivity contribution in [3.05, 3.63) is 0 Å². The first-order valence-corrected chi connectivity index (χ1v) is 5.05. The molecule has 5 nitrogen and oxygen atoms in total. The Balaban J connectivity index is 2.00. The Morgan fingerprint density at radius 3 is 3.43 bits per heavy atom. The summed E-state index contributed by atoms with van der Waals surface area (Å²) in [6.45, 7) is 3.00. The number of piperidine rings is 1. The van der Waals surface area contributed by atoms with Crippen LogP contribution in [0.25, 0.3) is 0 Å². The van der Waals surface area contributed by atoms with Gasteiger partial charge in [0.25, 0.3) is 0 Å². The molecule has 0 spiro atoms. The van der Waals surface area contributed by atoms with Crippen LogP contribution in [0.2, 0.25) is 0 Å². The fourth-order valence-electron chi connectivity index (χ4n) is 1.97. The van der Waals surface area contributed by atoms with Gasteiger partial charge in [0.05, 0.1) is 6.61 Å². The number of rotatable bonds is 1. The molecular formula is C9H15N3O2. The number of ether oxygens (including phenoxy) is 1. The summed E-state index contributed by atoms with van der Waals surface area (Å²) in [7, 11) is 0. The second-order valence-corrected chi connectivity index (χ2v) is 3.55. The van der Waals surface area contributed by atoms with Gasteiger partial charge in [-0.15, -0.1) is 0 Å². The first-order chi connectivity index (χ1) is 6.83. The summed E-state index contributed by atoms with van der Waals surface area (Å²) in [4.78, 5) is 13.3. The highest BCUT2D eigenvalue weighted by molar-refractivity contribution is 5.71. The van der Waals surface area contributed by atoms with Gasteiger partial charge in [-0.1, -0.05) is 0 Å². The summed E-state index contributed by atoms with van der Waals surface area (Å²) in [5.41, 5.74) is 2.94. The lowest BCUT2D eigenvalue weighted by atomic mass is 9.97. The molecule has 2 heterocycles. The lowest BCUT2D eigenvalue weighted by Gasteiger charge is -2.35. The molecule has 0 saturated carbocycles. The normalized spacial score (nSPS) is 29.6. The van der Waals surface area contributed by atoms with Crippen molar-refractivity contribution in [2.24, 2.45) is 11.0 Å². The van der Waals surface area contributed by atoms with E-state index < -0.39 is 0 Å². The van der Waals surface area contributed by atoms with Crippen molar-refractivity contribution >= 4 is 12.3 Å². The van der Waals surface area contributed by atoms with Crippen LogP contribution >= 0.6 is 0 Å². The number of nitrogens with zero attached hydrogens (tertiary/aromatic N) is 2. The van der Waals surface area contributed by atoms with E-state index in [0.717, 1.165) is 19.4 Å². The van der Waals surface area contributed by atoms with E-state index in [1.54, 1.807) is 4.90 Å². The Kier molecular flexibility index (Phi) is 2.56. The largest absolute Gasteiger partial charge is 0.450 e. The number of carbonyl (C=O) groups excluding carboxylic acids is 1. The molecule has 0 aromatic heterocycles. The number of likely N-dealkylation sites (tertiary alicyclic amines) is 1. The molecule has 2 aliphatic heterocycles. The minimum absolute atomic E-state index is 0.0165. The van der Waals surface area contributed by atoms with Crippen LogP contribution in [-0.4, -0.2) is 36.5 Å². The standard InChI is InChI=1S/C9H15N3O2/c1-2-14-9(13)12-5-3-4-7-6-10-11-8(7)12/h6-8,11H,2-5H2,1H3. The van der Waals surface area contributed by atoms with Gasteiger partial charge in [0.2, 0.25) is 0 Å². The van der Waals surface area contributed by atoms with Crippen LogP contribution in [0.4, 0.5) is 4.79 Å². The SMILES string of the molecule is CCOC(=O)N1CCCC2C=NNC21. The van der Waals surface area contributed by atoms with Crippen LogP contribution in [0, 0.1) is 5.92 Å². The smallest absolute Gasteiger partial charge is 0.411 e. The molecule has 2 atom stereocenters. The van der Waals surface area contributed by atoms with E-state index in [1.165, 1.54) is 0 Å². The molecule has 2 unspecified atom stereocenters. The summed E-state index contributed by atoms with van der Waals surface area (Å²) in [6, 6.07) is 0. The van der Waals surface area contributed by atoms with Gasteiger partial charge < -0.3 is 4.74 Å². The Bertz CT molecular complexity index is 254. The summed E-state index contributed by atoms with van der Waals surface area (Å²) in [5.74, 6) is 0.355. The van der Waals surface area contributed by atoms with Crippen LogP contribution in [-0.2, 0) is 4.74 Å². The maximum atomic E-state index is 11.5. The Morgan fingerprint density at radius 1 is 1.79 bits per heavy atom. The number of hydrogen-bond donors (Lipinski definition) is 1. The molecule has 1 saturated heterocycles. The predicted octanol–water partition coefficient (Wildman–Crippen LogP) is 0.770. The van der Waals surface area contributed by atoms with Crippen molar-refractivity contribution in [3.8, 4) is 0 Å². The molecule has 2 rings (SSSR count). The topological polar surface area (TPSA) is 53.9 Å². The summed E-state index contributed by atoms with van der Waals surface area (Å²) in [6.07, 6.45) is 3.78. The van der Waals surface area contributed by atoms with Gasteiger partial charge in [-0.2, -0.15) is 5.10 Å². The van der Waals surface area contributed by atoms with E-state index in [-0.39, 0.29) is 12.3 Å². The second-order valence-electron chi connectivity index (χ2n) is 3.55. The monoisotopic (exact) mass is 197 g/mol. The quantitative estimate of drug-likeness (QED) is 0.675. The van der Waals surface area contributed by atoms with Crippen molar-refractivity contribution in [2.75, 3.05) is 13.2 Å². The highest BCUT2D eigenvalue weighted by atomic mass is 16.6. The number of hydrazone groups is 1. The van der Waals surface area contributed by atoms with E-state index >= 15 is 0 Å². The van der Waals surface area contributed by atoms with Gasteiger partial charge in [0.15, 0.2) is 0 Å². The molecule has 1 N–H and O–H groups in total. The van der Waals surface area contributed by atoms with Crippen molar-refractivity contribution < 1.29 is 9.53 Å². The predicted molar refractivity (Wildman–Crippen MR) is 51.9 cm³/mol. The number of hydrogen-bond acceptors (Lipinski definition) is 4. The lowest BCUT2D eigenvalue weighted by Crippen LogP contribution is -2.52. The molecule has 1 fully saturated rings. The zero-order valence-corrected chi connectivity index (χ0v) is 8.27. The Labute approximate surface area is 83.1 Å². The van der Waals surface area contributed by atoms with Crippen LogP contribution in [0.1, 0.15) is 19.8 Å². The fourth-order valence-corrected chi connectivity index (χ4v) is 1.97.